The fourth-order valence-electron chi connectivity index (χ4n) is 1.63. The van der Waals surface area contributed by atoms with E-state index in [2.05, 4.69) is 27.9 Å². The van der Waals surface area contributed by atoms with Gasteiger partial charge in [0.15, 0.2) is 0 Å². The van der Waals surface area contributed by atoms with E-state index < -0.39 is 0 Å². The Morgan fingerprint density at radius 1 is 1.28 bits per heavy atom. The van der Waals surface area contributed by atoms with Gasteiger partial charge in [-0.05, 0) is 41.9 Å². The van der Waals surface area contributed by atoms with Gasteiger partial charge in [-0.2, -0.15) is 0 Å². The molecule has 1 amide bonds. The average Bonchev–Trinajstić information content (AvgIpc) is 2.36. The Morgan fingerprint density at radius 2 is 2.00 bits per heavy atom. The van der Waals surface area contributed by atoms with Gasteiger partial charge in [0.1, 0.15) is 5.75 Å². The normalized spacial score (nSPS) is 10.3. The summed E-state index contributed by atoms with van der Waals surface area (Å²) in [6, 6.07) is 5.01. The second kappa shape index (κ2) is 8.34. The summed E-state index contributed by atoms with van der Waals surface area (Å²) in [6.45, 7) is 2.51. The summed E-state index contributed by atoms with van der Waals surface area (Å²) >= 11 is 2.38. The maximum Gasteiger partial charge on any atom is 0.251 e. The molecule has 0 fully saturated rings. The Kier molecular flexibility index (Phi) is 7.08. The summed E-state index contributed by atoms with van der Waals surface area (Å²) in [6.07, 6.45) is 4.65. The lowest BCUT2D eigenvalue weighted by Gasteiger charge is -2.06. The van der Waals surface area contributed by atoms with Crippen LogP contribution in [0.5, 0.6) is 5.75 Å². The molecular weight excluding hydrogens is 341 g/mol. The summed E-state index contributed by atoms with van der Waals surface area (Å²) in [5, 5.41) is 12.4. The molecule has 0 heterocycles. The first-order chi connectivity index (χ1) is 8.65. The third kappa shape index (κ3) is 5.25. The molecule has 0 saturated carbocycles. The number of unbranched alkanes of at least 4 members (excludes halogenated alkanes) is 3. The zero-order chi connectivity index (χ0) is 13.4. The molecule has 1 rings (SSSR count). The van der Waals surface area contributed by atoms with Crippen LogP contribution >= 0.6 is 22.6 Å². The van der Waals surface area contributed by atoms with Crippen LogP contribution in [-0.2, 0) is 0 Å². The van der Waals surface area contributed by atoms with Crippen LogP contribution in [0.3, 0.4) is 0 Å². The Hall–Kier alpha value is -0.780. The third-order valence-electron chi connectivity index (χ3n) is 2.82. The van der Waals surface area contributed by atoms with E-state index in [9.17, 15) is 9.90 Å². The van der Waals surface area contributed by atoms with Gasteiger partial charge in [0.2, 0.25) is 0 Å². The molecule has 100 valence electrons. The number of carbonyl (C=O) groups excluding carboxylic acids is 1. The molecule has 0 radical (unpaired) electrons. The molecule has 1 aromatic carbocycles. The number of phenolic OH excluding ortho intramolecular Hbond substituents is 1. The van der Waals surface area contributed by atoms with E-state index in [-0.39, 0.29) is 11.7 Å². The molecule has 0 atom stereocenters. The van der Waals surface area contributed by atoms with E-state index in [1.165, 1.54) is 23.3 Å². The highest BCUT2D eigenvalue weighted by molar-refractivity contribution is 14.1. The summed E-state index contributed by atoms with van der Waals surface area (Å²) in [4.78, 5) is 11.8. The molecule has 0 aliphatic heterocycles. The monoisotopic (exact) mass is 361 g/mol. The fraction of sp³-hybridized carbons (Fsp3) is 0.500. The molecular formula is C14H20INO2. The van der Waals surface area contributed by atoms with Gasteiger partial charge in [-0.25, -0.2) is 0 Å². The highest BCUT2D eigenvalue weighted by atomic mass is 127. The number of phenols is 1. The van der Waals surface area contributed by atoms with E-state index in [1.54, 1.807) is 12.1 Å². The van der Waals surface area contributed by atoms with Gasteiger partial charge in [-0.3, -0.25) is 4.79 Å². The first kappa shape index (κ1) is 15.3. The van der Waals surface area contributed by atoms with Gasteiger partial charge in [-0.15, -0.1) is 0 Å². The van der Waals surface area contributed by atoms with Crippen molar-refractivity contribution in [2.75, 3.05) is 11.0 Å². The summed E-state index contributed by atoms with van der Waals surface area (Å²) in [7, 11) is 0. The highest BCUT2D eigenvalue weighted by Gasteiger charge is 2.06. The van der Waals surface area contributed by atoms with Crippen molar-refractivity contribution in [2.24, 2.45) is 0 Å². The van der Waals surface area contributed by atoms with Crippen LogP contribution in [0.2, 0.25) is 0 Å². The van der Waals surface area contributed by atoms with Crippen LogP contribution in [0.25, 0.3) is 0 Å². The first-order valence-corrected chi connectivity index (χ1v) is 7.81. The van der Waals surface area contributed by atoms with Crippen molar-refractivity contribution in [2.45, 2.75) is 32.6 Å². The van der Waals surface area contributed by atoms with Crippen molar-refractivity contribution in [1.82, 2.24) is 5.32 Å². The molecule has 0 aromatic heterocycles. The Labute approximate surface area is 122 Å². The van der Waals surface area contributed by atoms with Gasteiger partial charge in [-0.1, -0.05) is 41.5 Å². The number of benzene rings is 1. The van der Waals surface area contributed by atoms with E-state index >= 15 is 0 Å². The number of hydrogen-bond acceptors (Lipinski definition) is 2. The Morgan fingerprint density at radius 3 is 2.67 bits per heavy atom. The van der Waals surface area contributed by atoms with Crippen molar-refractivity contribution in [3.63, 3.8) is 0 Å². The Bertz CT molecular complexity index is 393. The number of hydrogen-bond donors (Lipinski definition) is 2. The summed E-state index contributed by atoms with van der Waals surface area (Å²) in [5.41, 5.74) is 1.30. The lowest BCUT2D eigenvalue weighted by molar-refractivity contribution is 0.0952. The van der Waals surface area contributed by atoms with Gasteiger partial charge >= 0.3 is 0 Å². The minimum Gasteiger partial charge on any atom is -0.508 e. The molecule has 2 N–H and O–H groups in total. The smallest absolute Gasteiger partial charge is 0.251 e. The number of amides is 1. The maximum absolute atomic E-state index is 11.8. The van der Waals surface area contributed by atoms with Crippen molar-refractivity contribution in [1.29, 1.82) is 0 Å². The summed E-state index contributed by atoms with van der Waals surface area (Å²) in [5.74, 6) is 0.0592. The van der Waals surface area contributed by atoms with E-state index in [4.69, 9.17) is 0 Å². The zero-order valence-electron chi connectivity index (χ0n) is 10.7. The van der Waals surface area contributed by atoms with Crippen LogP contribution in [0.4, 0.5) is 0 Å². The number of aryl methyl sites for hydroxylation is 1. The number of nitrogens with one attached hydrogen (secondary N) is 1. The molecule has 18 heavy (non-hydrogen) atoms. The Balaban J connectivity index is 2.30. The SMILES string of the molecule is Cc1ccc(C(=O)NCCCCCCI)cc1O. The lowest BCUT2D eigenvalue weighted by Crippen LogP contribution is -2.24. The van der Waals surface area contributed by atoms with Gasteiger partial charge in [0.25, 0.3) is 5.91 Å². The topological polar surface area (TPSA) is 49.3 Å². The van der Waals surface area contributed by atoms with Gasteiger partial charge < -0.3 is 10.4 Å². The van der Waals surface area contributed by atoms with Gasteiger partial charge in [0, 0.05) is 12.1 Å². The molecule has 1 aromatic rings. The second-order valence-corrected chi connectivity index (χ2v) is 5.44. The molecule has 0 spiro atoms. The minimum atomic E-state index is -0.112. The van der Waals surface area contributed by atoms with E-state index in [0.717, 1.165) is 18.4 Å². The third-order valence-corrected chi connectivity index (χ3v) is 3.58. The van der Waals surface area contributed by atoms with Crippen LogP contribution in [0, 0.1) is 6.92 Å². The number of aromatic hydroxyl groups is 1. The average molecular weight is 361 g/mol. The molecule has 0 bridgehead atoms. The zero-order valence-corrected chi connectivity index (χ0v) is 12.9. The fourth-order valence-corrected chi connectivity index (χ4v) is 2.17. The summed E-state index contributed by atoms with van der Waals surface area (Å²) < 4.78 is 1.20. The van der Waals surface area contributed by atoms with Crippen LogP contribution in [0.15, 0.2) is 18.2 Å². The van der Waals surface area contributed by atoms with Crippen LogP contribution in [0.1, 0.15) is 41.6 Å². The van der Waals surface area contributed by atoms with E-state index in [1.807, 2.05) is 6.92 Å². The molecule has 0 aliphatic rings. The van der Waals surface area contributed by atoms with Crippen molar-refractivity contribution < 1.29 is 9.90 Å². The number of alkyl halides is 1. The predicted octanol–water partition coefficient (Wildman–Crippen LogP) is 3.43. The van der Waals surface area contributed by atoms with E-state index in [0.29, 0.717) is 12.1 Å². The highest BCUT2D eigenvalue weighted by Crippen LogP contribution is 2.17. The van der Waals surface area contributed by atoms with Crippen LogP contribution < -0.4 is 5.32 Å². The largest absolute Gasteiger partial charge is 0.508 e. The molecule has 0 aliphatic carbocycles. The van der Waals surface area contributed by atoms with Crippen molar-refractivity contribution in [3.05, 3.63) is 29.3 Å². The molecule has 0 unspecified atom stereocenters. The molecule has 0 saturated heterocycles. The van der Waals surface area contributed by atoms with Crippen molar-refractivity contribution in [3.8, 4) is 5.75 Å². The van der Waals surface area contributed by atoms with Crippen molar-refractivity contribution >= 4 is 28.5 Å². The predicted molar refractivity (Wildman–Crippen MR) is 82.5 cm³/mol. The van der Waals surface area contributed by atoms with Gasteiger partial charge in [0.05, 0.1) is 0 Å². The first-order valence-electron chi connectivity index (χ1n) is 6.29. The quantitative estimate of drug-likeness (QED) is 0.444. The number of carbonyl (C=O) groups is 1. The lowest BCUT2D eigenvalue weighted by atomic mass is 10.1. The maximum atomic E-state index is 11.8. The minimum absolute atomic E-state index is 0.112. The molecule has 3 nitrogen and oxygen atoms in total. The second-order valence-electron chi connectivity index (χ2n) is 4.36. The number of halogens is 1. The standard InChI is InChI=1S/C14H20INO2/c1-11-6-7-12(10-13(11)17)14(18)16-9-5-3-2-4-8-15/h6-7,10,17H,2-5,8-9H2,1H3,(H,16,18). The molecule has 4 heteroatoms. The number of rotatable bonds is 7. The van der Waals surface area contributed by atoms with Crippen LogP contribution in [-0.4, -0.2) is 22.0 Å².